The number of hydrogen-bond donors (Lipinski definition) is 0. The predicted molar refractivity (Wildman–Crippen MR) is 106 cm³/mol. The van der Waals surface area contributed by atoms with E-state index < -0.39 is 0 Å². The fourth-order valence-electron chi connectivity index (χ4n) is 2.72. The van der Waals surface area contributed by atoms with E-state index in [1.807, 2.05) is 60.7 Å². The molecule has 2 aromatic carbocycles. The molecule has 0 unspecified atom stereocenters. The number of aromatic nitrogens is 1. The van der Waals surface area contributed by atoms with Crippen LogP contribution < -0.4 is 9.64 Å². The number of unbranched alkanes of at least 4 members (excludes halogenated alkanes) is 1. The standard InChI is InChI=1S/C22H22N2O2/c1-3-4-5-14-26-20-10-6-9-19(16-20)24(2)22(25)18-11-12-21-17(15-18)8-7-13-23-21/h3,6-13,15-16H,1,4-5,14H2,2H3. The van der Waals surface area contributed by atoms with Gasteiger partial charge in [0.1, 0.15) is 5.75 Å². The number of anilines is 1. The lowest BCUT2D eigenvalue weighted by Crippen LogP contribution is -2.26. The van der Waals surface area contributed by atoms with Gasteiger partial charge in [-0.3, -0.25) is 9.78 Å². The summed E-state index contributed by atoms with van der Waals surface area (Å²) >= 11 is 0. The molecule has 0 aliphatic rings. The van der Waals surface area contributed by atoms with Crippen LogP contribution in [0.4, 0.5) is 5.69 Å². The van der Waals surface area contributed by atoms with Crippen LogP contribution in [0.15, 0.2) is 73.4 Å². The van der Waals surface area contributed by atoms with Gasteiger partial charge >= 0.3 is 0 Å². The van der Waals surface area contributed by atoms with E-state index in [1.54, 1.807) is 18.1 Å². The third kappa shape index (κ3) is 4.09. The molecule has 132 valence electrons. The highest BCUT2D eigenvalue weighted by molar-refractivity contribution is 6.07. The van der Waals surface area contributed by atoms with Crippen LogP contribution in [0.1, 0.15) is 23.2 Å². The quantitative estimate of drug-likeness (QED) is 0.453. The first-order valence-corrected chi connectivity index (χ1v) is 8.65. The van der Waals surface area contributed by atoms with Crippen LogP contribution >= 0.6 is 0 Å². The minimum absolute atomic E-state index is 0.0699. The van der Waals surface area contributed by atoms with Crippen molar-refractivity contribution in [3.63, 3.8) is 0 Å². The van der Waals surface area contributed by atoms with Gasteiger partial charge in [-0.05, 0) is 49.2 Å². The van der Waals surface area contributed by atoms with Gasteiger partial charge in [0.2, 0.25) is 0 Å². The Bertz CT molecular complexity index is 921. The zero-order valence-corrected chi connectivity index (χ0v) is 14.9. The van der Waals surface area contributed by atoms with Gasteiger partial charge < -0.3 is 9.64 Å². The van der Waals surface area contributed by atoms with Gasteiger partial charge in [0.05, 0.1) is 12.1 Å². The fourth-order valence-corrected chi connectivity index (χ4v) is 2.72. The second-order valence-corrected chi connectivity index (χ2v) is 6.05. The van der Waals surface area contributed by atoms with Gasteiger partial charge in [0, 0.05) is 35.9 Å². The van der Waals surface area contributed by atoms with Crippen molar-refractivity contribution in [1.29, 1.82) is 0 Å². The molecule has 1 amide bonds. The van der Waals surface area contributed by atoms with E-state index in [1.165, 1.54) is 0 Å². The van der Waals surface area contributed by atoms with E-state index >= 15 is 0 Å². The summed E-state index contributed by atoms with van der Waals surface area (Å²) in [5.74, 6) is 0.688. The van der Waals surface area contributed by atoms with Gasteiger partial charge in [-0.1, -0.05) is 18.2 Å². The Hall–Kier alpha value is -3.14. The van der Waals surface area contributed by atoms with Crippen molar-refractivity contribution < 1.29 is 9.53 Å². The van der Waals surface area contributed by atoms with E-state index in [0.717, 1.165) is 35.2 Å². The third-order valence-electron chi connectivity index (χ3n) is 4.18. The normalized spacial score (nSPS) is 10.5. The summed E-state index contributed by atoms with van der Waals surface area (Å²) in [6.45, 7) is 4.34. The molecule has 4 heteroatoms. The van der Waals surface area contributed by atoms with Crippen molar-refractivity contribution in [2.24, 2.45) is 0 Å². The molecule has 0 aliphatic heterocycles. The molecule has 26 heavy (non-hydrogen) atoms. The topological polar surface area (TPSA) is 42.4 Å². The highest BCUT2D eigenvalue weighted by Gasteiger charge is 2.14. The van der Waals surface area contributed by atoms with Gasteiger partial charge in [-0.2, -0.15) is 0 Å². The van der Waals surface area contributed by atoms with Gasteiger partial charge in [-0.25, -0.2) is 0 Å². The lowest BCUT2D eigenvalue weighted by Gasteiger charge is -2.18. The predicted octanol–water partition coefficient (Wildman–Crippen LogP) is 4.86. The van der Waals surface area contributed by atoms with Crippen molar-refractivity contribution in [3.05, 3.63) is 79.0 Å². The molecule has 0 aliphatic carbocycles. The van der Waals surface area contributed by atoms with Crippen molar-refractivity contribution in [2.75, 3.05) is 18.6 Å². The Morgan fingerprint density at radius 3 is 2.92 bits per heavy atom. The van der Waals surface area contributed by atoms with E-state index in [4.69, 9.17) is 4.74 Å². The van der Waals surface area contributed by atoms with Gasteiger partial charge in [0.15, 0.2) is 0 Å². The van der Waals surface area contributed by atoms with Crippen LogP contribution in [-0.4, -0.2) is 24.5 Å². The Kier molecular flexibility index (Phi) is 5.64. The molecular weight excluding hydrogens is 324 g/mol. The van der Waals surface area contributed by atoms with Crippen LogP contribution in [0.2, 0.25) is 0 Å². The summed E-state index contributed by atoms with van der Waals surface area (Å²) in [6.07, 6.45) is 5.48. The maximum absolute atomic E-state index is 12.9. The van der Waals surface area contributed by atoms with Crippen molar-refractivity contribution in [2.45, 2.75) is 12.8 Å². The summed E-state index contributed by atoms with van der Waals surface area (Å²) < 4.78 is 5.75. The molecule has 3 rings (SSSR count). The second-order valence-electron chi connectivity index (χ2n) is 6.05. The molecule has 1 aromatic heterocycles. The minimum Gasteiger partial charge on any atom is -0.494 e. The monoisotopic (exact) mass is 346 g/mol. The molecule has 0 saturated heterocycles. The van der Waals surface area contributed by atoms with E-state index in [2.05, 4.69) is 11.6 Å². The van der Waals surface area contributed by atoms with E-state index in [-0.39, 0.29) is 5.91 Å². The molecule has 1 heterocycles. The first kappa shape index (κ1) is 17.7. The van der Waals surface area contributed by atoms with Gasteiger partial charge in [-0.15, -0.1) is 6.58 Å². The van der Waals surface area contributed by atoms with Gasteiger partial charge in [0.25, 0.3) is 5.91 Å². The van der Waals surface area contributed by atoms with Crippen LogP contribution in [0.3, 0.4) is 0 Å². The molecule has 0 saturated carbocycles. The van der Waals surface area contributed by atoms with E-state index in [0.29, 0.717) is 12.2 Å². The Labute approximate surface area is 153 Å². The maximum atomic E-state index is 12.9. The summed E-state index contributed by atoms with van der Waals surface area (Å²) in [5.41, 5.74) is 2.30. The molecule has 3 aromatic rings. The zero-order chi connectivity index (χ0) is 18.4. The van der Waals surface area contributed by atoms with Crippen LogP contribution in [0.25, 0.3) is 10.9 Å². The lowest BCUT2D eigenvalue weighted by molar-refractivity contribution is 0.0993. The second kappa shape index (κ2) is 8.30. The molecule has 4 nitrogen and oxygen atoms in total. The smallest absolute Gasteiger partial charge is 0.258 e. The van der Waals surface area contributed by atoms with Crippen molar-refractivity contribution >= 4 is 22.5 Å². The SMILES string of the molecule is C=CCCCOc1cccc(N(C)C(=O)c2ccc3ncccc3c2)c1. The van der Waals surface area contributed by atoms with Crippen LogP contribution in [-0.2, 0) is 0 Å². The minimum atomic E-state index is -0.0699. The highest BCUT2D eigenvalue weighted by Crippen LogP contribution is 2.23. The average Bonchev–Trinajstić information content (AvgIpc) is 2.70. The number of hydrogen-bond acceptors (Lipinski definition) is 3. The summed E-state index contributed by atoms with van der Waals surface area (Å²) in [7, 11) is 1.77. The number of allylic oxidation sites excluding steroid dienone is 1. The molecule has 0 N–H and O–H groups in total. The largest absolute Gasteiger partial charge is 0.494 e. The Morgan fingerprint density at radius 1 is 1.19 bits per heavy atom. The number of carbonyl (C=O) groups excluding carboxylic acids is 1. The lowest BCUT2D eigenvalue weighted by atomic mass is 10.1. The molecule has 0 radical (unpaired) electrons. The highest BCUT2D eigenvalue weighted by atomic mass is 16.5. The first-order chi connectivity index (χ1) is 12.7. The molecular formula is C22H22N2O2. The number of benzene rings is 2. The average molecular weight is 346 g/mol. The summed E-state index contributed by atoms with van der Waals surface area (Å²) in [4.78, 5) is 18.8. The first-order valence-electron chi connectivity index (χ1n) is 8.65. The summed E-state index contributed by atoms with van der Waals surface area (Å²) in [5, 5.41) is 0.950. The van der Waals surface area contributed by atoms with E-state index in [9.17, 15) is 4.79 Å². The number of pyridine rings is 1. The molecule has 0 bridgehead atoms. The van der Waals surface area contributed by atoms with Crippen LogP contribution in [0.5, 0.6) is 5.75 Å². The Balaban J connectivity index is 1.75. The fraction of sp³-hybridized carbons (Fsp3) is 0.182. The van der Waals surface area contributed by atoms with Crippen molar-refractivity contribution in [3.8, 4) is 5.75 Å². The van der Waals surface area contributed by atoms with Crippen LogP contribution in [0, 0.1) is 0 Å². The van der Waals surface area contributed by atoms with Crippen molar-refractivity contribution in [1.82, 2.24) is 4.98 Å². The number of carbonyl (C=O) groups is 1. The number of ether oxygens (including phenoxy) is 1. The maximum Gasteiger partial charge on any atom is 0.258 e. The summed E-state index contributed by atoms with van der Waals surface area (Å²) in [6, 6.07) is 17.0. The number of fused-ring (bicyclic) bond motifs is 1. The third-order valence-corrected chi connectivity index (χ3v) is 4.18. The molecule has 0 atom stereocenters. The molecule has 0 fully saturated rings. The zero-order valence-electron chi connectivity index (χ0n) is 14.9. The number of rotatable bonds is 7. The molecule has 0 spiro atoms. The number of amides is 1. The number of nitrogens with zero attached hydrogens (tertiary/aromatic N) is 2. The Morgan fingerprint density at radius 2 is 2.08 bits per heavy atom.